The molecule has 0 aliphatic heterocycles. The summed E-state index contributed by atoms with van der Waals surface area (Å²) in [5.41, 5.74) is 2.34. The topological polar surface area (TPSA) is 69.4 Å². The first kappa shape index (κ1) is 6.96. The van der Waals surface area contributed by atoms with Crippen LogP contribution in [0.1, 0.15) is 0 Å². The fourth-order valence-electron chi connectivity index (χ4n) is 0.128. The van der Waals surface area contributed by atoms with Crippen LogP contribution in [-0.4, -0.2) is 19.1 Å². The molecule has 46 valence electrons. The third-order valence-electron chi connectivity index (χ3n) is 0.326. The second kappa shape index (κ2) is 4.13. The predicted octanol–water partition coefficient (Wildman–Crippen LogP) is 0.101. The van der Waals surface area contributed by atoms with Crippen LogP contribution < -0.4 is 5.53 Å². The van der Waals surface area contributed by atoms with Crippen LogP contribution in [0.2, 0.25) is 0 Å². The van der Waals surface area contributed by atoms with Gasteiger partial charge in [0, 0.05) is 19.3 Å². The SMILES string of the molecule is CN(C)NN=NN=O. The fourth-order valence-corrected chi connectivity index (χ4v) is 0.128. The lowest BCUT2D eigenvalue weighted by molar-refractivity contribution is 0.286. The molecular formula is C2H7N5O. The molecule has 6 heteroatoms. The largest absolute Gasteiger partial charge is 0.220 e. The Morgan fingerprint density at radius 2 is 2.12 bits per heavy atom. The zero-order valence-corrected chi connectivity index (χ0v) is 4.70. The molecule has 0 saturated carbocycles. The van der Waals surface area contributed by atoms with E-state index in [9.17, 15) is 4.91 Å². The summed E-state index contributed by atoms with van der Waals surface area (Å²) in [4.78, 5) is 9.22. The average Bonchev–Trinajstić information content (AvgIpc) is 1.66. The van der Waals surface area contributed by atoms with Crippen molar-refractivity contribution in [1.82, 2.24) is 10.5 Å². The van der Waals surface area contributed by atoms with E-state index in [1.807, 2.05) is 0 Å². The normalized spacial score (nSPS) is 10.4. The average molecular weight is 117 g/mol. The van der Waals surface area contributed by atoms with E-state index in [2.05, 4.69) is 21.3 Å². The van der Waals surface area contributed by atoms with Crippen LogP contribution in [0.5, 0.6) is 0 Å². The Kier molecular flexibility index (Phi) is 3.59. The van der Waals surface area contributed by atoms with Crippen molar-refractivity contribution in [2.45, 2.75) is 0 Å². The van der Waals surface area contributed by atoms with Crippen LogP contribution in [0.15, 0.2) is 15.7 Å². The molecule has 0 bridgehead atoms. The van der Waals surface area contributed by atoms with E-state index in [0.29, 0.717) is 0 Å². The molecule has 0 atom stereocenters. The van der Waals surface area contributed by atoms with Crippen LogP contribution in [-0.2, 0) is 0 Å². The summed E-state index contributed by atoms with van der Waals surface area (Å²) < 4.78 is 0. The molecule has 0 aromatic carbocycles. The Labute approximate surface area is 46.5 Å². The Bertz CT molecular complexity index is 88.4. The molecule has 0 aromatic rings. The first-order chi connectivity index (χ1) is 3.77. The van der Waals surface area contributed by atoms with E-state index in [4.69, 9.17) is 0 Å². The second-order valence-electron chi connectivity index (χ2n) is 1.27. The Morgan fingerprint density at radius 1 is 1.50 bits per heavy atom. The number of nitroso groups, excluding NO2 is 1. The van der Waals surface area contributed by atoms with Gasteiger partial charge in [0.1, 0.15) is 5.29 Å². The van der Waals surface area contributed by atoms with Crippen molar-refractivity contribution in [3.8, 4) is 0 Å². The molecule has 0 aromatic heterocycles. The van der Waals surface area contributed by atoms with Gasteiger partial charge in [-0.3, -0.25) is 0 Å². The first-order valence-electron chi connectivity index (χ1n) is 1.92. The van der Waals surface area contributed by atoms with E-state index in [0.717, 1.165) is 0 Å². The van der Waals surface area contributed by atoms with E-state index in [1.54, 1.807) is 14.1 Å². The monoisotopic (exact) mass is 117 g/mol. The summed E-state index contributed by atoms with van der Waals surface area (Å²) in [5, 5.41) is 9.51. The van der Waals surface area contributed by atoms with Gasteiger partial charge in [0.15, 0.2) is 0 Å². The lowest BCUT2D eigenvalue weighted by Crippen LogP contribution is -2.24. The summed E-state index contributed by atoms with van der Waals surface area (Å²) in [6.45, 7) is 0. The fraction of sp³-hybridized carbons (Fsp3) is 1.00. The van der Waals surface area contributed by atoms with Crippen LogP contribution in [0, 0.1) is 4.91 Å². The maximum atomic E-state index is 9.22. The number of nitrogens with one attached hydrogen (secondary N) is 1. The van der Waals surface area contributed by atoms with Gasteiger partial charge in [-0.25, -0.2) is 10.5 Å². The van der Waals surface area contributed by atoms with Gasteiger partial charge in [-0.2, -0.15) is 0 Å². The van der Waals surface area contributed by atoms with Crippen LogP contribution in [0.3, 0.4) is 0 Å². The molecule has 0 amide bonds. The van der Waals surface area contributed by atoms with Gasteiger partial charge in [0.05, 0.1) is 0 Å². The molecule has 0 saturated heterocycles. The molecule has 0 fully saturated rings. The first-order valence-corrected chi connectivity index (χ1v) is 1.92. The highest BCUT2D eigenvalue weighted by Gasteiger charge is 1.76. The number of hydrogen-bond acceptors (Lipinski definition) is 3. The third kappa shape index (κ3) is 4.96. The van der Waals surface area contributed by atoms with Crippen molar-refractivity contribution in [3.05, 3.63) is 4.91 Å². The Morgan fingerprint density at radius 3 is 2.50 bits per heavy atom. The summed E-state index contributed by atoms with van der Waals surface area (Å²) in [6.07, 6.45) is 0. The van der Waals surface area contributed by atoms with Crippen molar-refractivity contribution < 1.29 is 0 Å². The summed E-state index contributed by atoms with van der Waals surface area (Å²) in [7, 11) is 3.42. The Balaban J connectivity index is 3.15. The van der Waals surface area contributed by atoms with Crippen LogP contribution >= 0.6 is 0 Å². The zero-order valence-electron chi connectivity index (χ0n) is 4.70. The number of hydrazine groups is 1. The molecule has 1 N–H and O–H groups in total. The predicted molar refractivity (Wildman–Crippen MR) is 27.5 cm³/mol. The van der Waals surface area contributed by atoms with Gasteiger partial charge in [-0.05, 0) is 5.22 Å². The minimum Gasteiger partial charge on any atom is -0.220 e. The van der Waals surface area contributed by atoms with Crippen molar-refractivity contribution in [3.63, 3.8) is 0 Å². The molecular weight excluding hydrogens is 110 g/mol. The molecule has 0 heterocycles. The molecule has 0 rings (SSSR count). The maximum Gasteiger partial charge on any atom is 0.102 e. The number of nitrogens with zero attached hydrogens (tertiary/aromatic N) is 4. The van der Waals surface area contributed by atoms with Crippen molar-refractivity contribution >= 4 is 0 Å². The zero-order chi connectivity index (χ0) is 6.41. The lowest BCUT2D eigenvalue weighted by atomic mass is 11.2. The summed E-state index contributed by atoms with van der Waals surface area (Å²) >= 11 is 0. The van der Waals surface area contributed by atoms with E-state index >= 15 is 0 Å². The smallest absolute Gasteiger partial charge is 0.102 e. The van der Waals surface area contributed by atoms with Crippen molar-refractivity contribution in [1.29, 1.82) is 0 Å². The molecule has 0 aliphatic rings. The quantitative estimate of drug-likeness (QED) is 0.324. The van der Waals surface area contributed by atoms with Gasteiger partial charge in [0.2, 0.25) is 0 Å². The van der Waals surface area contributed by atoms with Crippen LogP contribution in [0.4, 0.5) is 0 Å². The molecule has 0 radical (unpaired) electrons. The van der Waals surface area contributed by atoms with Crippen LogP contribution in [0.25, 0.3) is 0 Å². The molecule has 0 unspecified atom stereocenters. The minimum atomic E-state index is 1.52. The summed E-state index contributed by atoms with van der Waals surface area (Å²) in [6, 6.07) is 0. The number of rotatable bonds is 3. The third-order valence-corrected chi connectivity index (χ3v) is 0.326. The molecule has 6 nitrogen and oxygen atoms in total. The second-order valence-corrected chi connectivity index (χ2v) is 1.27. The van der Waals surface area contributed by atoms with E-state index in [1.165, 1.54) is 5.01 Å². The Hall–Kier alpha value is -1.04. The van der Waals surface area contributed by atoms with Gasteiger partial charge in [0.25, 0.3) is 0 Å². The van der Waals surface area contributed by atoms with E-state index < -0.39 is 0 Å². The highest BCUT2D eigenvalue weighted by Crippen LogP contribution is 1.69. The number of hydrogen-bond donors (Lipinski definition) is 1. The molecule has 8 heavy (non-hydrogen) atoms. The lowest BCUT2D eigenvalue weighted by Gasteiger charge is -2.03. The highest BCUT2D eigenvalue weighted by atomic mass is 16.3. The molecule has 0 aliphatic carbocycles. The van der Waals surface area contributed by atoms with Gasteiger partial charge in [-0.15, -0.1) is 4.91 Å². The maximum absolute atomic E-state index is 9.22. The molecule has 0 spiro atoms. The minimum absolute atomic E-state index is 1.52. The van der Waals surface area contributed by atoms with E-state index in [-0.39, 0.29) is 0 Å². The van der Waals surface area contributed by atoms with Gasteiger partial charge < -0.3 is 0 Å². The summed E-state index contributed by atoms with van der Waals surface area (Å²) in [5.74, 6) is 0. The highest BCUT2D eigenvalue weighted by molar-refractivity contribution is 4.17. The van der Waals surface area contributed by atoms with Gasteiger partial charge >= 0.3 is 0 Å². The standard InChI is InChI=1S/C2H7N5O/c1-7(2)5-3-4-6-8/h1-2H3,(H,4,5,8). The van der Waals surface area contributed by atoms with Gasteiger partial charge in [-0.1, -0.05) is 0 Å². The van der Waals surface area contributed by atoms with Crippen molar-refractivity contribution in [2.75, 3.05) is 14.1 Å². The van der Waals surface area contributed by atoms with Crippen molar-refractivity contribution in [2.24, 2.45) is 15.7 Å².